The number of thioether (sulfide) groups is 1. The zero-order valence-electron chi connectivity index (χ0n) is 11.9. The molecule has 0 bridgehead atoms. The van der Waals surface area contributed by atoms with Crippen LogP contribution < -0.4 is 5.32 Å². The van der Waals surface area contributed by atoms with Crippen LogP contribution in [0, 0.1) is 5.92 Å². The molecule has 7 heteroatoms. The number of carbonyl (C=O) groups excluding carboxylic acids is 1. The lowest BCUT2D eigenvalue weighted by Crippen LogP contribution is -2.28. The van der Waals surface area contributed by atoms with Crippen LogP contribution in [-0.2, 0) is 4.79 Å². The summed E-state index contributed by atoms with van der Waals surface area (Å²) in [6.45, 7) is 4.80. The molecule has 0 unspecified atom stereocenters. The molecule has 1 aromatic heterocycles. The number of aromatic amines is 1. The minimum atomic E-state index is -0.00783. The van der Waals surface area contributed by atoms with Crippen molar-refractivity contribution < 1.29 is 4.79 Å². The zero-order valence-corrected chi connectivity index (χ0v) is 13.5. The van der Waals surface area contributed by atoms with Gasteiger partial charge < -0.3 is 5.32 Å². The minimum Gasteiger partial charge on any atom is -0.355 e. The van der Waals surface area contributed by atoms with Crippen molar-refractivity contribution in [2.75, 3.05) is 12.3 Å². The molecule has 1 heterocycles. The van der Waals surface area contributed by atoms with Gasteiger partial charge in [-0.1, -0.05) is 37.2 Å². The molecule has 0 atom stereocenters. The molecule has 21 heavy (non-hydrogen) atoms. The molecular weight excluding hydrogens is 308 g/mol. The van der Waals surface area contributed by atoms with Crippen LogP contribution in [0.5, 0.6) is 0 Å². The number of hydrogen-bond acceptors (Lipinski definition) is 4. The summed E-state index contributed by atoms with van der Waals surface area (Å²) in [6, 6.07) is 7.33. The summed E-state index contributed by atoms with van der Waals surface area (Å²) in [6.07, 6.45) is 0. The lowest BCUT2D eigenvalue weighted by molar-refractivity contribution is -0.118. The van der Waals surface area contributed by atoms with Crippen LogP contribution >= 0.6 is 23.4 Å². The highest BCUT2D eigenvalue weighted by molar-refractivity contribution is 7.99. The van der Waals surface area contributed by atoms with Crippen LogP contribution in [0.25, 0.3) is 11.4 Å². The maximum atomic E-state index is 11.6. The van der Waals surface area contributed by atoms with Gasteiger partial charge >= 0.3 is 0 Å². The van der Waals surface area contributed by atoms with E-state index in [4.69, 9.17) is 11.6 Å². The molecule has 2 aromatic rings. The molecule has 0 spiro atoms. The molecule has 2 N–H and O–H groups in total. The van der Waals surface area contributed by atoms with E-state index in [0.29, 0.717) is 34.2 Å². The van der Waals surface area contributed by atoms with Gasteiger partial charge in [-0.15, -0.1) is 5.10 Å². The number of hydrogen-bond donors (Lipinski definition) is 2. The molecule has 0 saturated carbocycles. The predicted molar refractivity (Wildman–Crippen MR) is 85.4 cm³/mol. The van der Waals surface area contributed by atoms with Gasteiger partial charge in [0.25, 0.3) is 0 Å². The van der Waals surface area contributed by atoms with E-state index in [9.17, 15) is 4.79 Å². The number of rotatable bonds is 6. The Kier molecular flexibility index (Phi) is 5.64. The maximum Gasteiger partial charge on any atom is 0.230 e. The zero-order chi connectivity index (χ0) is 15.2. The normalized spacial score (nSPS) is 10.9. The summed E-state index contributed by atoms with van der Waals surface area (Å²) in [5, 5.41) is 11.0. The first-order valence-corrected chi connectivity index (χ1v) is 7.99. The van der Waals surface area contributed by atoms with Gasteiger partial charge in [0.05, 0.1) is 5.75 Å². The summed E-state index contributed by atoms with van der Waals surface area (Å²) in [5.41, 5.74) is 0.906. The molecule has 0 saturated heterocycles. The van der Waals surface area contributed by atoms with Gasteiger partial charge in [-0.2, -0.15) is 0 Å². The minimum absolute atomic E-state index is 0.00783. The van der Waals surface area contributed by atoms with Crippen LogP contribution in [-0.4, -0.2) is 33.4 Å². The Labute approximate surface area is 132 Å². The Morgan fingerprint density at radius 3 is 2.76 bits per heavy atom. The Morgan fingerprint density at radius 2 is 2.10 bits per heavy atom. The van der Waals surface area contributed by atoms with Crippen molar-refractivity contribution in [2.24, 2.45) is 5.92 Å². The molecule has 5 nitrogen and oxygen atoms in total. The fraction of sp³-hybridized carbons (Fsp3) is 0.357. The molecule has 1 amide bonds. The number of amides is 1. The van der Waals surface area contributed by atoms with Crippen LogP contribution in [0.15, 0.2) is 29.4 Å². The summed E-state index contributed by atoms with van der Waals surface area (Å²) in [4.78, 5) is 16.0. The molecule has 0 aliphatic carbocycles. The van der Waals surface area contributed by atoms with Crippen molar-refractivity contribution in [1.29, 1.82) is 0 Å². The van der Waals surface area contributed by atoms with Gasteiger partial charge in [-0.3, -0.25) is 9.89 Å². The van der Waals surface area contributed by atoms with Gasteiger partial charge in [-0.25, -0.2) is 4.98 Å². The SMILES string of the molecule is CC(C)CNC(=O)CSc1n[nH]c(-c2ccc(Cl)cc2)n1. The van der Waals surface area contributed by atoms with Crippen LogP contribution in [0.2, 0.25) is 5.02 Å². The second kappa shape index (κ2) is 7.47. The van der Waals surface area contributed by atoms with Crippen molar-refractivity contribution in [3.63, 3.8) is 0 Å². The number of carbonyl (C=O) groups is 1. The Bertz CT molecular complexity index is 597. The van der Waals surface area contributed by atoms with E-state index in [0.717, 1.165) is 5.56 Å². The van der Waals surface area contributed by atoms with Crippen molar-refractivity contribution in [3.05, 3.63) is 29.3 Å². The van der Waals surface area contributed by atoms with Gasteiger partial charge in [0.1, 0.15) is 0 Å². The van der Waals surface area contributed by atoms with Gasteiger partial charge in [-0.05, 0) is 30.2 Å². The Hall–Kier alpha value is -1.53. The van der Waals surface area contributed by atoms with E-state index in [1.54, 1.807) is 12.1 Å². The largest absolute Gasteiger partial charge is 0.355 e. The highest BCUT2D eigenvalue weighted by Gasteiger charge is 2.09. The lowest BCUT2D eigenvalue weighted by atomic mass is 10.2. The van der Waals surface area contributed by atoms with Crippen molar-refractivity contribution in [3.8, 4) is 11.4 Å². The fourth-order valence-electron chi connectivity index (χ4n) is 1.55. The molecular formula is C14H17ClN4OS. The number of aromatic nitrogens is 3. The average Bonchev–Trinajstić information content (AvgIpc) is 2.92. The topological polar surface area (TPSA) is 70.7 Å². The van der Waals surface area contributed by atoms with E-state index in [1.165, 1.54) is 11.8 Å². The first-order chi connectivity index (χ1) is 10.0. The lowest BCUT2D eigenvalue weighted by Gasteiger charge is -2.05. The third kappa shape index (κ3) is 5.06. The second-order valence-corrected chi connectivity index (χ2v) is 6.34. The van der Waals surface area contributed by atoms with Crippen molar-refractivity contribution in [2.45, 2.75) is 19.0 Å². The van der Waals surface area contributed by atoms with E-state index >= 15 is 0 Å². The highest BCUT2D eigenvalue weighted by atomic mass is 35.5. The molecule has 0 radical (unpaired) electrons. The predicted octanol–water partition coefficient (Wildman–Crippen LogP) is 2.99. The number of H-pyrrole nitrogens is 1. The summed E-state index contributed by atoms with van der Waals surface area (Å²) in [5.74, 6) is 1.41. The molecule has 112 valence electrons. The maximum absolute atomic E-state index is 11.6. The van der Waals surface area contributed by atoms with Crippen LogP contribution in [0.1, 0.15) is 13.8 Å². The van der Waals surface area contributed by atoms with Crippen molar-refractivity contribution in [1.82, 2.24) is 20.5 Å². The molecule has 2 rings (SSSR count). The number of benzene rings is 1. The Morgan fingerprint density at radius 1 is 1.38 bits per heavy atom. The number of halogens is 1. The summed E-state index contributed by atoms with van der Waals surface area (Å²) in [7, 11) is 0. The van der Waals surface area contributed by atoms with E-state index in [2.05, 4.69) is 34.3 Å². The highest BCUT2D eigenvalue weighted by Crippen LogP contribution is 2.20. The molecule has 0 aliphatic rings. The first kappa shape index (κ1) is 15.9. The average molecular weight is 325 g/mol. The molecule has 0 aliphatic heterocycles. The number of nitrogens with one attached hydrogen (secondary N) is 2. The second-order valence-electron chi connectivity index (χ2n) is 4.96. The third-order valence-electron chi connectivity index (χ3n) is 2.62. The smallest absolute Gasteiger partial charge is 0.230 e. The molecule has 1 aromatic carbocycles. The number of nitrogens with zero attached hydrogens (tertiary/aromatic N) is 2. The first-order valence-electron chi connectivity index (χ1n) is 6.62. The van der Waals surface area contributed by atoms with Crippen LogP contribution in [0.3, 0.4) is 0 Å². The molecule has 0 fully saturated rings. The third-order valence-corrected chi connectivity index (χ3v) is 3.72. The van der Waals surface area contributed by atoms with E-state index in [-0.39, 0.29) is 5.91 Å². The van der Waals surface area contributed by atoms with Gasteiger partial charge in [0, 0.05) is 17.1 Å². The Balaban J connectivity index is 1.88. The monoisotopic (exact) mass is 324 g/mol. The van der Waals surface area contributed by atoms with Gasteiger partial charge in [0.15, 0.2) is 5.82 Å². The van der Waals surface area contributed by atoms with E-state index in [1.807, 2.05) is 12.1 Å². The fourth-order valence-corrected chi connectivity index (χ4v) is 2.30. The van der Waals surface area contributed by atoms with E-state index < -0.39 is 0 Å². The van der Waals surface area contributed by atoms with Crippen molar-refractivity contribution >= 4 is 29.3 Å². The standard InChI is InChI=1S/C14H17ClN4OS/c1-9(2)7-16-12(20)8-21-14-17-13(18-19-14)10-3-5-11(15)6-4-10/h3-6,9H,7-8H2,1-2H3,(H,16,20)(H,17,18,19). The summed E-state index contributed by atoms with van der Waals surface area (Å²) >= 11 is 7.15. The van der Waals surface area contributed by atoms with Crippen LogP contribution in [0.4, 0.5) is 0 Å². The van der Waals surface area contributed by atoms with Gasteiger partial charge in [0.2, 0.25) is 11.1 Å². The quantitative estimate of drug-likeness (QED) is 0.801. The summed E-state index contributed by atoms with van der Waals surface area (Å²) < 4.78 is 0.